The molecule has 0 aromatic carbocycles. The third-order valence-corrected chi connectivity index (χ3v) is 3.96. The van der Waals surface area contributed by atoms with E-state index in [0.717, 1.165) is 6.42 Å². The first-order valence-corrected chi connectivity index (χ1v) is 8.76. The van der Waals surface area contributed by atoms with E-state index >= 15 is 0 Å². The number of furan rings is 1. The molecule has 1 aromatic rings. The summed E-state index contributed by atoms with van der Waals surface area (Å²) in [5, 5.41) is 8.95. The van der Waals surface area contributed by atoms with E-state index in [0.29, 0.717) is 31.4 Å². The first-order chi connectivity index (χ1) is 12.5. The van der Waals surface area contributed by atoms with Gasteiger partial charge in [-0.15, -0.1) is 0 Å². The Morgan fingerprint density at radius 2 is 2.04 bits per heavy atom. The molecule has 0 bridgehead atoms. The number of hydrogen-bond donors (Lipinski definition) is 2. The molecule has 0 spiro atoms. The van der Waals surface area contributed by atoms with Crippen LogP contribution in [0, 0.1) is 0 Å². The summed E-state index contributed by atoms with van der Waals surface area (Å²) in [6.45, 7) is 3.33. The number of ether oxygens (including phenoxy) is 1. The van der Waals surface area contributed by atoms with Crippen LogP contribution >= 0.6 is 12.2 Å². The van der Waals surface area contributed by atoms with Crippen molar-refractivity contribution in [1.29, 1.82) is 0 Å². The van der Waals surface area contributed by atoms with Crippen molar-refractivity contribution < 1.29 is 23.5 Å². The molecule has 2 heterocycles. The molecule has 1 aliphatic rings. The lowest BCUT2D eigenvalue weighted by atomic mass is 10.4. The number of carbonyl (C=O) groups is 3. The maximum atomic E-state index is 12.4. The molecular weight excluding hydrogens is 360 g/mol. The maximum Gasteiger partial charge on any atom is 0.307 e. The summed E-state index contributed by atoms with van der Waals surface area (Å²) < 4.78 is 9.82. The highest BCUT2D eigenvalue weighted by molar-refractivity contribution is 7.80. The van der Waals surface area contributed by atoms with Crippen molar-refractivity contribution in [3.63, 3.8) is 0 Å². The van der Waals surface area contributed by atoms with Gasteiger partial charge in [0.2, 0.25) is 0 Å². The monoisotopic (exact) mass is 382 g/mol. The number of thiocarbonyl (C=S) groups is 1. The first-order valence-electron chi connectivity index (χ1n) is 8.36. The van der Waals surface area contributed by atoms with Crippen LogP contribution in [0.15, 0.2) is 22.8 Å². The number of hydrazine groups is 1. The number of nitrogens with one attached hydrogen (secondary N) is 2. The van der Waals surface area contributed by atoms with Crippen LogP contribution in [0.1, 0.15) is 30.3 Å². The predicted molar refractivity (Wildman–Crippen MR) is 95.9 cm³/mol. The summed E-state index contributed by atoms with van der Waals surface area (Å²) in [7, 11) is 0. The van der Waals surface area contributed by atoms with E-state index in [1.165, 1.54) is 17.3 Å². The molecule has 1 saturated heterocycles. The maximum absolute atomic E-state index is 12.4. The summed E-state index contributed by atoms with van der Waals surface area (Å²) in [5.74, 6) is -0.897. The third-order valence-electron chi connectivity index (χ3n) is 3.61. The first kappa shape index (κ1) is 19.7. The van der Waals surface area contributed by atoms with Crippen LogP contribution < -0.4 is 10.6 Å². The molecule has 0 saturated carbocycles. The van der Waals surface area contributed by atoms with Crippen LogP contribution in [0.2, 0.25) is 0 Å². The van der Waals surface area contributed by atoms with E-state index in [4.69, 9.17) is 21.4 Å². The Morgan fingerprint density at radius 3 is 2.73 bits per heavy atom. The van der Waals surface area contributed by atoms with Crippen molar-refractivity contribution in [2.45, 2.75) is 19.8 Å². The Kier molecular flexibility index (Phi) is 7.39. The van der Waals surface area contributed by atoms with Gasteiger partial charge in [0.05, 0.1) is 25.8 Å². The summed E-state index contributed by atoms with van der Waals surface area (Å²) in [4.78, 5) is 35.5. The van der Waals surface area contributed by atoms with Gasteiger partial charge in [-0.1, -0.05) is 0 Å². The Morgan fingerprint density at radius 1 is 1.27 bits per heavy atom. The average molecular weight is 382 g/mol. The van der Waals surface area contributed by atoms with Gasteiger partial charge in [0.1, 0.15) is 0 Å². The molecule has 0 aliphatic carbocycles. The van der Waals surface area contributed by atoms with E-state index in [1.54, 1.807) is 18.0 Å². The number of nitrogens with zero attached hydrogens (tertiary/aromatic N) is 2. The van der Waals surface area contributed by atoms with Crippen LogP contribution in [0.4, 0.5) is 0 Å². The fourth-order valence-corrected chi connectivity index (χ4v) is 2.71. The van der Waals surface area contributed by atoms with Crippen LogP contribution in [0.25, 0.3) is 0 Å². The second kappa shape index (κ2) is 9.76. The molecule has 0 radical (unpaired) electrons. The summed E-state index contributed by atoms with van der Waals surface area (Å²) in [6.07, 6.45) is 2.34. The highest BCUT2D eigenvalue weighted by Gasteiger charge is 2.28. The molecule has 2 rings (SSSR count). The van der Waals surface area contributed by atoms with Crippen molar-refractivity contribution in [3.8, 4) is 0 Å². The standard InChI is InChI=1S/C16H22N4O5S/c1-2-24-14(22)6-7-17-16(26)20-9-4-8-19(20)13(21)11-18-15(23)12-5-3-10-25-12/h3,5,10H,2,4,6-9,11H2,1H3,(H,17,26)(H,18,23). The van der Waals surface area contributed by atoms with Gasteiger partial charge in [0.25, 0.3) is 11.8 Å². The number of esters is 1. The van der Waals surface area contributed by atoms with Crippen LogP contribution in [-0.4, -0.2) is 65.7 Å². The number of hydrogen-bond acceptors (Lipinski definition) is 6. The highest BCUT2D eigenvalue weighted by atomic mass is 32.1. The molecule has 2 N–H and O–H groups in total. The fourth-order valence-electron chi connectivity index (χ4n) is 2.42. The van der Waals surface area contributed by atoms with Crippen molar-refractivity contribution in [3.05, 3.63) is 24.2 Å². The lowest BCUT2D eigenvalue weighted by Crippen LogP contribution is -2.51. The zero-order chi connectivity index (χ0) is 18.9. The van der Waals surface area contributed by atoms with Crippen molar-refractivity contribution in [1.82, 2.24) is 20.7 Å². The molecule has 26 heavy (non-hydrogen) atoms. The Labute approximate surface area is 156 Å². The molecule has 1 aliphatic heterocycles. The second-order valence-electron chi connectivity index (χ2n) is 5.44. The lowest BCUT2D eigenvalue weighted by Gasteiger charge is -2.30. The van der Waals surface area contributed by atoms with E-state index in [-0.39, 0.29) is 30.6 Å². The van der Waals surface area contributed by atoms with Crippen molar-refractivity contribution >= 4 is 35.1 Å². The molecule has 0 unspecified atom stereocenters. The molecule has 10 heteroatoms. The topological polar surface area (TPSA) is 104 Å². The zero-order valence-corrected chi connectivity index (χ0v) is 15.3. The average Bonchev–Trinajstić information content (AvgIpc) is 3.30. The van der Waals surface area contributed by atoms with E-state index in [2.05, 4.69) is 10.6 Å². The highest BCUT2D eigenvalue weighted by Crippen LogP contribution is 2.11. The van der Waals surface area contributed by atoms with Gasteiger partial charge in [-0.05, 0) is 37.7 Å². The second-order valence-corrected chi connectivity index (χ2v) is 5.83. The minimum atomic E-state index is -0.454. The van der Waals surface area contributed by atoms with Crippen molar-refractivity contribution in [2.75, 3.05) is 32.8 Å². The Bertz CT molecular complexity index is 649. The quantitative estimate of drug-likeness (QED) is 0.512. The van der Waals surface area contributed by atoms with Crippen LogP contribution in [0.3, 0.4) is 0 Å². The molecule has 1 fully saturated rings. The van der Waals surface area contributed by atoms with Gasteiger partial charge in [0.15, 0.2) is 10.9 Å². The van der Waals surface area contributed by atoms with Gasteiger partial charge in [-0.2, -0.15) is 0 Å². The Hall–Kier alpha value is -2.62. The van der Waals surface area contributed by atoms with E-state index in [9.17, 15) is 14.4 Å². The molecule has 2 amide bonds. The normalized spacial score (nSPS) is 13.4. The Balaban J connectivity index is 1.78. The lowest BCUT2D eigenvalue weighted by molar-refractivity contribution is -0.143. The van der Waals surface area contributed by atoms with E-state index < -0.39 is 5.91 Å². The summed E-state index contributed by atoms with van der Waals surface area (Å²) in [6, 6.07) is 3.11. The fraction of sp³-hybridized carbons (Fsp3) is 0.500. The number of carbonyl (C=O) groups excluding carboxylic acids is 3. The van der Waals surface area contributed by atoms with Gasteiger partial charge < -0.3 is 19.8 Å². The third kappa shape index (κ3) is 5.45. The van der Waals surface area contributed by atoms with E-state index in [1.807, 2.05) is 0 Å². The molecule has 0 atom stereocenters. The predicted octanol–water partition coefficient (Wildman–Crippen LogP) is 0.286. The summed E-state index contributed by atoms with van der Waals surface area (Å²) in [5.41, 5.74) is 0. The zero-order valence-electron chi connectivity index (χ0n) is 14.5. The molecular formula is C16H22N4O5S. The molecule has 142 valence electrons. The number of amides is 2. The molecule has 1 aromatic heterocycles. The van der Waals surface area contributed by atoms with Crippen LogP contribution in [-0.2, 0) is 14.3 Å². The molecule has 9 nitrogen and oxygen atoms in total. The minimum Gasteiger partial charge on any atom is -0.466 e. The van der Waals surface area contributed by atoms with Gasteiger partial charge in [-0.25, -0.2) is 0 Å². The minimum absolute atomic E-state index is 0.146. The van der Waals surface area contributed by atoms with Gasteiger partial charge >= 0.3 is 5.97 Å². The number of rotatable bonds is 7. The summed E-state index contributed by atoms with van der Waals surface area (Å²) >= 11 is 5.29. The largest absolute Gasteiger partial charge is 0.466 e. The van der Waals surface area contributed by atoms with Crippen LogP contribution in [0.5, 0.6) is 0 Å². The van der Waals surface area contributed by atoms with Gasteiger partial charge in [-0.3, -0.25) is 24.4 Å². The van der Waals surface area contributed by atoms with Gasteiger partial charge in [0, 0.05) is 19.6 Å². The SMILES string of the molecule is CCOC(=O)CCNC(=S)N1CCCN1C(=O)CNC(=O)c1ccco1. The smallest absolute Gasteiger partial charge is 0.307 e. The van der Waals surface area contributed by atoms with Crippen molar-refractivity contribution in [2.24, 2.45) is 0 Å².